The molecule has 0 fully saturated rings. The van der Waals surface area contributed by atoms with E-state index >= 15 is 0 Å². The van der Waals surface area contributed by atoms with Crippen LogP contribution in [0.2, 0.25) is 0 Å². The number of nitrogens with zero attached hydrogens (tertiary/aromatic N) is 3. The molecule has 0 saturated carbocycles. The molecule has 5 heteroatoms. The Morgan fingerprint density at radius 1 is 1.00 bits per heavy atom. The monoisotopic (exact) mass is 319 g/mol. The number of hydrogen-bond acceptors (Lipinski definition) is 4. The third-order valence-electron chi connectivity index (χ3n) is 3.90. The molecule has 0 saturated heterocycles. The number of benzene rings is 2. The Labute approximate surface area is 140 Å². The molecular weight excluding hydrogens is 302 g/mol. The van der Waals surface area contributed by atoms with E-state index in [1.54, 1.807) is 41.2 Å². The molecule has 2 N–H and O–H groups in total. The first-order chi connectivity index (χ1) is 11.7. The van der Waals surface area contributed by atoms with Gasteiger partial charge in [-0.2, -0.15) is 5.26 Å². The predicted octanol–water partition coefficient (Wildman–Crippen LogP) is 2.57. The topological polar surface area (TPSA) is 82.1 Å². The van der Waals surface area contributed by atoms with Crippen LogP contribution in [0, 0.1) is 11.3 Å². The summed E-state index contributed by atoms with van der Waals surface area (Å²) in [5, 5.41) is 29.8. The van der Waals surface area contributed by atoms with E-state index in [9.17, 15) is 10.2 Å². The van der Waals surface area contributed by atoms with Crippen molar-refractivity contribution >= 4 is 0 Å². The molecule has 0 spiro atoms. The Morgan fingerprint density at radius 2 is 1.71 bits per heavy atom. The summed E-state index contributed by atoms with van der Waals surface area (Å²) in [7, 11) is 0. The molecule has 3 aromatic rings. The lowest BCUT2D eigenvalue weighted by molar-refractivity contribution is 0.147. The average molecular weight is 319 g/mol. The highest BCUT2D eigenvalue weighted by atomic mass is 16.3. The first-order valence-corrected chi connectivity index (χ1v) is 7.61. The van der Waals surface area contributed by atoms with E-state index in [-0.39, 0.29) is 6.54 Å². The summed E-state index contributed by atoms with van der Waals surface area (Å²) in [6.07, 6.45) is 1.73. The molecule has 0 unspecified atom stereocenters. The molecular formula is C19H17N3O2. The molecule has 2 atom stereocenters. The molecule has 0 aliphatic carbocycles. The number of aliphatic hydroxyl groups excluding tert-OH is 2. The molecule has 0 aliphatic heterocycles. The van der Waals surface area contributed by atoms with Crippen molar-refractivity contribution in [1.82, 2.24) is 9.55 Å². The van der Waals surface area contributed by atoms with Gasteiger partial charge in [-0.25, -0.2) is 4.98 Å². The van der Waals surface area contributed by atoms with Crippen molar-refractivity contribution in [2.24, 2.45) is 0 Å². The maximum absolute atomic E-state index is 10.5. The van der Waals surface area contributed by atoms with Gasteiger partial charge in [0, 0.05) is 12.4 Å². The maximum atomic E-state index is 10.5. The number of aromatic nitrogens is 2. The van der Waals surface area contributed by atoms with E-state index in [2.05, 4.69) is 11.1 Å². The molecule has 0 amide bonds. The summed E-state index contributed by atoms with van der Waals surface area (Å²) < 4.78 is 1.74. The van der Waals surface area contributed by atoms with Crippen molar-refractivity contribution in [3.63, 3.8) is 0 Å². The molecule has 1 heterocycles. The van der Waals surface area contributed by atoms with E-state index in [0.29, 0.717) is 17.0 Å². The fourth-order valence-corrected chi connectivity index (χ4v) is 2.58. The fourth-order valence-electron chi connectivity index (χ4n) is 2.58. The number of imidazole rings is 1. The number of aliphatic hydroxyl groups is 2. The molecule has 120 valence electrons. The Balaban J connectivity index is 1.79. The zero-order valence-corrected chi connectivity index (χ0v) is 12.9. The van der Waals surface area contributed by atoms with Gasteiger partial charge in [0.05, 0.1) is 24.3 Å². The highest BCUT2D eigenvalue weighted by Gasteiger charge is 2.18. The van der Waals surface area contributed by atoms with Crippen LogP contribution in [0.1, 0.15) is 34.7 Å². The van der Waals surface area contributed by atoms with Crippen molar-refractivity contribution < 1.29 is 10.2 Å². The fraction of sp³-hybridized carbons (Fsp3) is 0.158. The van der Waals surface area contributed by atoms with Gasteiger partial charge in [0.1, 0.15) is 11.9 Å². The summed E-state index contributed by atoms with van der Waals surface area (Å²) in [6, 6.07) is 18.1. The van der Waals surface area contributed by atoms with Crippen LogP contribution >= 0.6 is 0 Å². The lowest BCUT2D eigenvalue weighted by Gasteiger charge is -2.17. The van der Waals surface area contributed by atoms with E-state index in [4.69, 9.17) is 5.26 Å². The first-order valence-electron chi connectivity index (χ1n) is 7.61. The van der Waals surface area contributed by atoms with Gasteiger partial charge in [-0.15, -0.1) is 0 Å². The Kier molecular flexibility index (Phi) is 4.71. The smallest absolute Gasteiger partial charge is 0.142 e. The molecule has 2 aromatic carbocycles. The van der Waals surface area contributed by atoms with Gasteiger partial charge in [0.15, 0.2) is 0 Å². The normalized spacial score (nSPS) is 13.2. The minimum atomic E-state index is -0.852. The predicted molar refractivity (Wildman–Crippen MR) is 88.8 cm³/mol. The quantitative estimate of drug-likeness (QED) is 0.757. The minimum absolute atomic E-state index is 0.269. The van der Waals surface area contributed by atoms with Gasteiger partial charge in [0.2, 0.25) is 0 Å². The molecule has 0 aliphatic rings. The van der Waals surface area contributed by atoms with Crippen molar-refractivity contribution in [2.75, 3.05) is 0 Å². The van der Waals surface area contributed by atoms with E-state index < -0.39 is 12.2 Å². The second-order valence-electron chi connectivity index (χ2n) is 5.50. The molecule has 0 bridgehead atoms. The van der Waals surface area contributed by atoms with Crippen molar-refractivity contribution in [3.8, 4) is 6.07 Å². The molecule has 3 rings (SSSR count). The second-order valence-corrected chi connectivity index (χ2v) is 5.50. The lowest BCUT2D eigenvalue weighted by Crippen LogP contribution is -2.14. The van der Waals surface area contributed by atoms with Crippen LogP contribution < -0.4 is 0 Å². The van der Waals surface area contributed by atoms with Gasteiger partial charge in [-0.1, -0.05) is 42.5 Å². The van der Waals surface area contributed by atoms with E-state index in [1.807, 2.05) is 30.3 Å². The molecule has 24 heavy (non-hydrogen) atoms. The van der Waals surface area contributed by atoms with Crippen molar-refractivity contribution in [3.05, 3.63) is 89.5 Å². The van der Waals surface area contributed by atoms with E-state index in [0.717, 1.165) is 5.56 Å². The summed E-state index contributed by atoms with van der Waals surface area (Å²) in [6.45, 7) is 0.269. The first kappa shape index (κ1) is 15.9. The molecule has 0 radical (unpaired) electrons. The zero-order valence-electron chi connectivity index (χ0n) is 12.9. The number of hydrogen-bond donors (Lipinski definition) is 2. The van der Waals surface area contributed by atoms with Crippen molar-refractivity contribution in [1.29, 1.82) is 5.26 Å². The number of rotatable bonds is 5. The third-order valence-corrected chi connectivity index (χ3v) is 3.90. The Morgan fingerprint density at radius 3 is 2.38 bits per heavy atom. The van der Waals surface area contributed by atoms with Gasteiger partial charge < -0.3 is 14.8 Å². The third kappa shape index (κ3) is 3.35. The molecule has 5 nitrogen and oxygen atoms in total. The van der Waals surface area contributed by atoms with Gasteiger partial charge >= 0.3 is 0 Å². The van der Waals surface area contributed by atoms with Crippen LogP contribution in [0.15, 0.2) is 67.0 Å². The van der Waals surface area contributed by atoms with Gasteiger partial charge in [0.25, 0.3) is 0 Å². The summed E-state index contributed by atoms with van der Waals surface area (Å²) >= 11 is 0. The maximum Gasteiger partial charge on any atom is 0.142 e. The largest absolute Gasteiger partial charge is 0.387 e. The van der Waals surface area contributed by atoms with Crippen molar-refractivity contribution in [2.45, 2.75) is 18.8 Å². The lowest BCUT2D eigenvalue weighted by atomic mass is 10.1. The second kappa shape index (κ2) is 7.09. The highest BCUT2D eigenvalue weighted by Crippen LogP contribution is 2.23. The van der Waals surface area contributed by atoms with Crippen LogP contribution in [-0.2, 0) is 6.54 Å². The van der Waals surface area contributed by atoms with Crippen LogP contribution in [0.5, 0.6) is 0 Å². The van der Waals surface area contributed by atoms with Crippen LogP contribution in [0.4, 0.5) is 0 Å². The van der Waals surface area contributed by atoms with E-state index in [1.165, 1.54) is 0 Å². The van der Waals surface area contributed by atoms with Crippen LogP contribution in [-0.4, -0.2) is 19.8 Å². The highest BCUT2D eigenvalue weighted by molar-refractivity contribution is 5.32. The Hall–Kier alpha value is -2.94. The minimum Gasteiger partial charge on any atom is -0.387 e. The van der Waals surface area contributed by atoms with Crippen LogP contribution in [0.3, 0.4) is 0 Å². The SMILES string of the molecule is N#Cc1ccc([C@H](O)Cn2ccnc2[C@@H](O)c2ccccc2)cc1. The number of nitriles is 1. The summed E-state index contributed by atoms with van der Waals surface area (Å²) in [4.78, 5) is 4.23. The average Bonchev–Trinajstić information content (AvgIpc) is 3.10. The molecule has 1 aromatic heterocycles. The standard InChI is InChI=1S/C19H17N3O2/c20-12-14-6-8-15(9-7-14)17(23)13-22-11-10-21-19(22)18(24)16-4-2-1-3-5-16/h1-11,17-18,23-24H,13H2/t17-,18+/m1/s1. The Bertz CT molecular complexity index is 835. The van der Waals surface area contributed by atoms with Gasteiger partial charge in [-0.3, -0.25) is 0 Å². The van der Waals surface area contributed by atoms with Crippen LogP contribution in [0.25, 0.3) is 0 Å². The summed E-state index contributed by atoms with van der Waals surface area (Å²) in [5.41, 5.74) is 2.01. The van der Waals surface area contributed by atoms with Gasteiger partial charge in [-0.05, 0) is 23.3 Å². The zero-order chi connectivity index (χ0) is 16.9. The summed E-state index contributed by atoms with van der Waals surface area (Å²) in [5.74, 6) is 0.480.